The van der Waals surface area contributed by atoms with E-state index in [1.165, 1.54) is 28.8 Å². The first kappa shape index (κ1) is 24.8. The third-order valence-corrected chi connectivity index (χ3v) is 6.72. The lowest BCUT2D eigenvalue weighted by molar-refractivity contribution is -0.138. The van der Waals surface area contributed by atoms with Gasteiger partial charge in [-0.1, -0.05) is 18.2 Å². The Labute approximate surface area is 212 Å². The van der Waals surface area contributed by atoms with Crippen molar-refractivity contribution in [1.29, 1.82) is 0 Å². The lowest BCUT2D eigenvalue weighted by atomic mass is 10.1. The molecular formula is C27H27F3N6O. The highest BCUT2D eigenvalue weighted by atomic mass is 19.4. The van der Waals surface area contributed by atoms with Crippen LogP contribution in [-0.2, 0) is 12.7 Å². The number of aromatic nitrogens is 3. The Morgan fingerprint density at radius 1 is 1.11 bits per heavy atom. The van der Waals surface area contributed by atoms with Crippen LogP contribution in [0.1, 0.15) is 24.0 Å². The van der Waals surface area contributed by atoms with E-state index in [9.17, 15) is 18.0 Å². The maximum Gasteiger partial charge on any atom is 0.416 e. The maximum atomic E-state index is 13.5. The van der Waals surface area contributed by atoms with Crippen LogP contribution in [0.2, 0.25) is 0 Å². The zero-order valence-electron chi connectivity index (χ0n) is 20.3. The standard InChI is InChI=1S/C27H27F3N6O/c1-35(22-6-4-14-31-16-22)21-11-9-20(10-12-21)33-26-32-15-18-8-13-24(37)36(25(18)34-26)17-19-5-2-3-7-23(19)27(28,29)30/h2-3,5,7-13,15,22,31H,4,6,14,16-17H2,1H3,(H,32,33,34). The Balaban J connectivity index is 1.41. The van der Waals surface area contributed by atoms with Gasteiger partial charge in [0.15, 0.2) is 0 Å². The van der Waals surface area contributed by atoms with E-state index < -0.39 is 17.3 Å². The summed E-state index contributed by atoms with van der Waals surface area (Å²) >= 11 is 0. The van der Waals surface area contributed by atoms with Gasteiger partial charge in [0.05, 0.1) is 12.1 Å². The molecule has 1 aliphatic heterocycles. The number of pyridine rings is 1. The number of nitrogens with zero attached hydrogens (tertiary/aromatic N) is 4. The molecular weight excluding hydrogens is 481 g/mol. The number of alkyl halides is 3. The van der Waals surface area contributed by atoms with Crippen molar-refractivity contribution in [2.24, 2.45) is 0 Å². The second kappa shape index (κ2) is 10.2. The number of nitrogens with one attached hydrogen (secondary N) is 2. The molecule has 0 spiro atoms. The quantitative estimate of drug-likeness (QED) is 0.390. The van der Waals surface area contributed by atoms with Crippen LogP contribution in [0.4, 0.5) is 30.5 Å². The normalized spacial score (nSPS) is 16.1. The van der Waals surface area contributed by atoms with Crippen molar-refractivity contribution in [3.05, 3.63) is 88.3 Å². The number of hydrogen-bond donors (Lipinski definition) is 2. The van der Waals surface area contributed by atoms with Crippen molar-refractivity contribution in [3.63, 3.8) is 0 Å². The Morgan fingerprint density at radius 3 is 2.62 bits per heavy atom. The molecule has 192 valence electrons. The third kappa shape index (κ3) is 5.43. The van der Waals surface area contributed by atoms with Gasteiger partial charge in [-0.25, -0.2) is 4.98 Å². The van der Waals surface area contributed by atoms with Gasteiger partial charge in [-0.15, -0.1) is 0 Å². The Kier molecular flexibility index (Phi) is 6.84. The van der Waals surface area contributed by atoms with Crippen molar-refractivity contribution in [1.82, 2.24) is 19.9 Å². The molecule has 3 heterocycles. The van der Waals surface area contributed by atoms with Gasteiger partial charge in [0, 0.05) is 48.7 Å². The molecule has 0 aliphatic carbocycles. The van der Waals surface area contributed by atoms with Crippen LogP contribution in [0.25, 0.3) is 11.0 Å². The highest BCUT2D eigenvalue weighted by molar-refractivity contribution is 5.76. The molecule has 1 saturated heterocycles. The van der Waals surface area contributed by atoms with Crippen molar-refractivity contribution < 1.29 is 13.2 Å². The van der Waals surface area contributed by atoms with Gasteiger partial charge in [0.25, 0.3) is 5.56 Å². The van der Waals surface area contributed by atoms with Crippen LogP contribution in [0.3, 0.4) is 0 Å². The molecule has 37 heavy (non-hydrogen) atoms. The topological polar surface area (TPSA) is 75.1 Å². The van der Waals surface area contributed by atoms with Gasteiger partial charge >= 0.3 is 6.18 Å². The average Bonchev–Trinajstić information content (AvgIpc) is 2.90. The molecule has 5 rings (SSSR count). The van der Waals surface area contributed by atoms with Gasteiger partial charge in [0.1, 0.15) is 5.65 Å². The van der Waals surface area contributed by atoms with E-state index in [-0.39, 0.29) is 23.7 Å². The molecule has 0 bridgehead atoms. The molecule has 2 N–H and O–H groups in total. The molecule has 2 aromatic heterocycles. The van der Waals surface area contributed by atoms with Crippen LogP contribution in [-0.4, -0.2) is 40.7 Å². The number of piperidine rings is 1. The summed E-state index contributed by atoms with van der Waals surface area (Å²) in [5.74, 6) is 0.244. The van der Waals surface area contributed by atoms with Crippen molar-refractivity contribution in [2.45, 2.75) is 31.6 Å². The number of anilines is 3. The van der Waals surface area contributed by atoms with Crippen LogP contribution >= 0.6 is 0 Å². The Morgan fingerprint density at radius 2 is 1.89 bits per heavy atom. The lowest BCUT2D eigenvalue weighted by Gasteiger charge is -2.33. The van der Waals surface area contributed by atoms with Gasteiger partial charge in [-0.05, 0) is 61.3 Å². The molecule has 4 aromatic rings. The van der Waals surface area contributed by atoms with Gasteiger partial charge in [-0.2, -0.15) is 18.2 Å². The molecule has 1 aliphatic rings. The van der Waals surface area contributed by atoms with E-state index in [4.69, 9.17) is 0 Å². The second-order valence-corrected chi connectivity index (χ2v) is 9.17. The monoisotopic (exact) mass is 508 g/mol. The van der Waals surface area contributed by atoms with Crippen LogP contribution in [0.5, 0.6) is 0 Å². The van der Waals surface area contributed by atoms with Crippen molar-refractivity contribution in [2.75, 3.05) is 30.4 Å². The fourth-order valence-electron chi connectivity index (χ4n) is 4.67. The molecule has 10 heteroatoms. The molecule has 7 nitrogen and oxygen atoms in total. The fourth-order valence-corrected chi connectivity index (χ4v) is 4.67. The SMILES string of the molecule is CN(c1ccc(Nc2ncc3ccc(=O)n(Cc4ccccc4C(F)(F)F)c3n2)cc1)C1CCCNC1. The summed E-state index contributed by atoms with van der Waals surface area (Å²) in [6.45, 7) is 1.75. The predicted molar refractivity (Wildman–Crippen MR) is 138 cm³/mol. The number of benzene rings is 2. The van der Waals surface area contributed by atoms with Gasteiger partial charge in [0.2, 0.25) is 5.95 Å². The van der Waals surface area contributed by atoms with E-state index >= 15 is 0 Å². The van der Waals surface area contributed by atoms with E-state index in [0.717, 1.165) is 43.4 Å². The summed E-state index contributed by atoms with van der Waals surface area (Å²) in [5, 5.41) is 7.12. The first-order valence-electron chi connectivity index (χ1n) is 12.1. The number of rotatable bonds is 6. The van der Waals surface area contributed by atoms with Crippen LogP contribution < -0.4 is 21.1 Å². The molecule has 1 unspecified atom stereocenters. The van der Waals surface area contributed by atoms with E-state index in [2.05, 4.69) is 32.5 Å². The molecule has 0 amide bonds. The summed E-state index contributed by atoms with van der Waals surface area (Å²) in [6.07, 6.45) is -0.681. The average molecular weight is 509 g/mol. The Hall–Kier alpha value is -3.92. The van der Waals surface area contributed by atoms with Gasteiger partial charge in [-0.3, -0.25) is 9.36 Å². The highest BCUT2D eigenvalue weighted by Gasteiger charge is 2.33. The second-order valence-electron chi connectivity index (χ2n) is 9.17. The third-order valence-electron chi connectivity index (χ3n) is 6.72. The Bertz CT molecular complexity index is 1450. The summed E-state index contributed by atoms with van der Waals surface area (Å²) in [4.78, 5) is 23.8. The van der Waals surface area contributed by atoms with Crippen molar-refractivity contribution >= 4 is 28.4 Å². The van der Waals surface area contributed by atoms with Crippen LogP contribution in [0, 0.1) is 0 Å². The minimum absolute atomic E-state index is 0.00871. The van der Waals surface area contributed by atoms with E-state index in [0.29, 0.717) is 11.4 Å². The summed E-state index contributed by atoms with van der Waals surface area (Å²) in [7, 11) is 2.09. The van der Waals surface area contributed by atoms with Crippen LogP contribution in [0.15, 0.2) is 71.7 Å². The molecule has 1 fully saturated rings. The summed E-state index contributed by atoms with van der Waals surface area (Å²) < 4.78 is 41.8. The number of fused-ring (bicyclic) bond motifs is 1. The van der Waals surface area contributed by atoms with Crippen molar-refractivity contribution in [3.8, 4) is 0 Å². The number of hydrogen-bond acceptors (Lipinski definition) is 6. The zero-order valence-corrected chi connectivity index (χ0v) is 20.3. The highest BCUT2D eigenvalue weighted by Crippen LogP contribution is 2.32. The fraction of sp³-hybridized carbons (Fsp3) is 0.296. The number of likely N-dealkylation sites (N-methyl/N-ethyl adjacent to an activating group) is 1. The molecule has 0 saturated carbocycles. The minimum Gasteiger partial charge on any atom is -0.370 e. The first-order valence-corrected chi connectivity index (χ1v) is 12.1. The summed E-state index contributed by atoms with van der Waals surface area (Å²) in [6, 6.07) is 16.4. The lowest BCUT2D eigenvalue weighted by Crippen LogP contribution is -2.44. The largest absolute Gasteiger partial charge is 0.416 e. The summed E-state index contributed by atoms with van der Waals surface area (Å²) in [5.41, 5.74) is 0.870. The number of halogens is 3. The molecule has 0 radical (unpaired) electrons. The first-order chi connectivity index (χ1) is 17.8. The minimum atomic E-state index is -4.53. The molecule has 1 atom stereocenters. The molecule has 2 aromatic carbocycles. The maximum absolute atomic E-state index is 13.5. The smallest absolute Gasteiger partial charge is 0.370 e. The van der Waals surface area contributed by atoms with E-state index in [1.54, 1.807) is 12.3 Å². The predicted octanol–water partition coefficient (Wildman–Crippen LogP) is 4.79. The zero-order chi connectivity index (χ0) is 26.0. The van der Waals surface area contributed by atoms with E-state index in [1.807, 2.05) is 24.3 Å². The van der Waals surface area contributed by atoms with Gasteiger partial charge < -0.3 is 15.5 Å².